The molecule has 6 nitrogen and oxygen atoms in total. The molecule has 0 aliphatic rings. The summed E-state index contributed by atoms with van der Waals surface area (Å²) in [6.45, 7) is 0.265. The van der Waals surface area contributed by atoms with Crippen LogP contribution >= 0.6 is 11.8 Å². The lowest BCUT2D eigenvalue weighted by atomic mass is 10.2. The van der Waals surface area contributed by atoms with Crippen LogP contribution in [0.2, 0.25) is 0 Å². The van der Waals surface area contributed by atoms with Crippen LogP contribution in [-0.2, 0) is 0 Å². The molecule has 3 rings (SSSR count). The predicted molar refractivity (Wildman–Crippen MR) is 106 cm³/mol. The summed E-state index contributed by atoms with van der Waals surface area (Å²) in [6, 6.07) is 11.4. The third-order valence-corrected chi connectivity index (χ3v) is 4.70. The molecule has 0 aliphatic heterocycles. The maximum Gasteiger partial charge on any atom is 0.270 e. The highest BCUT2D eigenvalue weighted by Gasteiger charge is 2.17. The Balaban J connectivity index is 1.63. The fourth-order valence-electron chi connectivity index (χ4n) is 2.66. The van der Waals surface area contributed by atoms with Gasteiger partial charge in [0.2, 0.25) is 0 Å². The zero-order valence-corrected chi connectivity index (χ0v) is 16.3. The number of aromatic nitrogens is 2. The van der Waals surface area contributed by atoms with Gasteiger partial charge >= 0.3 is 0 Å². The van der Waals surface area contributed by atoms with Crippen LogP contribution in [0.1, 0.15) is 20.8 Å². The Morgan fingerprint density at radius 1 is 1.00 bits per heavy atom. The third-order valence-electron chi connectivity index (χ3n) is 4.04. The monoisotopic (exact) mass is 416 g/mol. The van der Waals surface area contributed by atoms with Gasteiger partial charge in [0.1, 0.15) is 17.3 Å². The van der Waals surface area contributed by atoms with Gasteiger partial charge in [-0.15, -0.1) is 0 Å². The molecule has 0 saturated heterocycles. The molecule has 1 aromatic heterocycles. The number of rotatable bonds is 7. The zero-order valence-electron chi connectivity index (χ0n) is 15.5. The highest BCUT2D eigenvalue weighted by atomic mass is 32.2. The minimum absolute atomic E-state index is 0.0576. The van der Waals surface area contributed by atoms with Crippen LogP contribution in [0.4, 0.5) is 8.78 Å². The number of halogens is 2. The summed E-state index contributed by atoms with van der Waals surface area (Å²) in [5.74, 6) is -1.95. The average Bonchev–Trinajstić information content (AvgIpc) is 3.16. The average molecular weight is 416 g/mol. The van der Waals surface area contributed by atoms with E-state index in [-0.39, 0.29) is 30.2 Å². The van der Waals surface area contributed by atoms with E-state index < -0.39 is 17.6 Å². The Labute approximate surface area is 170 Å². The van der Waals surface area contributed by atoms with Crippen LogP contribution < -0.4 is 10.6 Å². The molecule has 0 bridgehead atoms. The summed E-state index contributed by atoms with van der Waals surface area (Å²) in [6.07, 6.45) is 3.25. The molecule has 2 aromatic carbocycles. The zero-order chi connectivity index (χ0) is 20.8. The number of benzene rings is 2. The second-order valence-corrected chi connectivity index (χ2v) is 6.71. The van der Waals surface area contributed by atoms with Crippen molar-refractivity contribution in [1.82, 2.24) is 20.2 Å². The quantitative estimate of drug-likeness (QED) is 0.459. The Bertz CT molecular complexity index is 1020. The highest BCUT2D eigenvalue weighted by Crippen LogP contribution is 2.22. The van der Waals surface area contributed by atoms with E-state index in [1.807, 2.05) is 6.26 Å². The van der Waals surface area contributed by atoms with E-state index in [0.29, 0.717) is 10.8 Å². The number of nitrogens with zero attached hydrogens (tertiary/aromatic N) is 2. The molecule has 29 heavy (non-hydrogen) atoms. The number of nitrogens with one attached hydrogen (secondary N) is 2. The Hall–Kier alpha value is -3.20. The van der Waals surface area contributed by atoms with Crippen LogP contribution in [0.25, 0.3) is 5.69 Å². The Morgan fingerprint density at radius 3 is 2.31 bits per heavy atom. The molecule has 2 N–H and O–H groups in total. The van der Waals surface area contributed by atoms with Crippen molar-refractivity contribution in [3.05, 3.63) is 77.6 Å². The second kappa shape index (κ2) is 9.33. The van der Waals surface area contributed by atoms with Gasteiger partial charge in [-0.3, -0.25) is 14.2 Å². The molecule has 150 valence electrons. The number of imidazole rings is 1. The predicted octanol–water partition coefficient (Wildman–Crippen LogP) is 3.03. The summed E-state index contributed by atoms with van der Waals surface area (Å²) >= 11 is 1.35. The minimum atomic E-state index is -0.609. The first-order valence-corrected chi connectivity index (χ1v) is 9.92. The van der Waals surface area contributed by atoms with Crippen molar-refractivity contribution in [2.75, 3.05) is 19.3 Å². The molecule has 0 spiro atoms. The molecule has 0 saturated carbocycles. The summed E-state index contributed by atoms with van der Waals surface area (Å²) in [5.41, 5.74) is 0.825. The van der Waals surface area contributed by atoms with E-state index in [9.17, 15) is 18.4 Å². The number of carbonyl (C=O) groups is 2. The topological polar surface area (TPSA) is 76.0 Å². The van der Waals surface area contributed by atoms with Crippen LogP contribution in [0.5, 0.6) is 0 Å². The van der Waals surface area contributed by atoms with E-state index >= 15 is 0 Å². The van der Waals surface area contributed by atoms with Gasteiger partial charge in [-0.2, -0.15) is 0 Å². The molecule has 1 heterocycles. The molecule has 0 aliphatic carbocycles. The normalized spacial score (nSPS) is 10.6. The van der Waals surface area contributed by atoms with Crippen molar-refractivity contribution in [2.45, 2.75) is 5.16 Å². The molecular formula is C20H18F2N4O2S. The van der Waals surface area contributed by atoms with Crippen molar-refractivity contribution in [3.63, 3.8) is 0 Å². The number of hydrogen-bond donors (Lipinski definition) is 2. The van der Waals surface area contributed by atoms with Gasteiger partial charge in [-0.25, -0.2) is 13.8 Å². The molecule has 0 unspecified atom stereocenters. The lowest BCUT2D eigenvalue weighted by molar-refractivity contribution is 0.0921. The molecule has 3 aromatic rings. The second-order valence-electron chi connectivity index (χ2n) is 5.93. The lowest BCUT2D eigenvalue weighted by Gasteiger charge is -2.12. The van der Waals surface area contributed by atoms with Gasteiger partial charge < -0.3 is 10.6 Å². The van der Waals surface area contributed by atoms with Gasteiger partial charge in [0.25, 0.3) is 11.8 Å². The number of hydrogen-bond acceptors (Lipinski definition) is 4. The molecule has 2 amide bonds. The summed E-state index contributed by atoms with van der Waals surface area (Å²) in [7, 11) is 0. The first-order valence-electron chi connectivity index (χ1n) is 8.70. The number of thioether (sulfide) groups is 1. The minimum Gasteiger partial charge on any atom is -0.350 e. The summed E-state index contributed by atoms with van der Waals surface area (Å²) < 4.78 is 28.4. The van der Waals surface area contributed by atoms with E-state index in [1.165, 1.54) is 48.3 Å². The van der Waals surface area contributed by atoms with E-state index in [2.05, 4.69) is 15.6 Å². The SMILES string of the molecule is CSc1ncc(C(=O)NCCNC(=O)c2ccccc2F)n1-c1ccc(F)cc1. The van der Waals surface area contributed by atoms with Crippen LogP contribution in [0.3, 0.4) is 0 Å². The lowest BCUT2D eigenvalue weighted by Crippen LogP contribution is -2.35. The smallest absolute Gasteiger partial charge is 0.270 e. The van der Waals surface area contributed by atoms with Crippen molar-refractivity contribution in [1.29, 1.82) is 0 Å². The Kier molecular flexibility index (Phi) is 6.61. The maximum atomic E-state index is 13.6. The standard InChI is InChI=1S/C20H18F2N4O2S/c1-29-20-25-12-17(26(20)14-8-6-13(21)7-9-14)19(28)24-11-10-23-18(27)15-4-2-3-5-16(15)22/h2-9,12H,10-11H2,1H3,(H,23,27)(H,24,28). The highest BCUT2D eigenvalue weighted by molar-refractivity contribution is 7.98. The van der Waals surface area contributed by atoms with Crippen LogP contribution in [-0.4, -0.2) is 40.7 Å². The van der Waals surface area contributed by atoms with E-state index in [4.69, 9.17) is 0 Å². The van der Waals surface area contributed by atoms with Crippen molar-refractivity contribution >= 4 is 23.6 Å². The van der Waals surface area contributed by atoms with Gasteiger partial charge in [-0.05, 0) is 42.7 Å². The number of amides is 2. The molecule has 0 radical (unpaired) electrons. The third kappa shape index (κ3) is 4.80. The number of carbonyl (C=O) groups excluding carboxylic acids is 2. The van der Waals surface area contributed by atoms with Gasteiger partial charge in [0, 0.05) is 18.8 Å². The van der Waals surface area contributed by atoms with Gasteiger partial charge in [0.15, 0.2) is 5.16 Å². The summed E-state index contributed by atoms with van der Waals surface area (Å²) in [5, 5.41) is 5.82. The van der Waals surface area contributed by atoms with Crippen LogP contribution in [0, 0.1) is 11.6 Å². The molecule has 0 fully saturated rings. The van der Waals surface area contributed by atoms with Gasteiger partial charge in [-0.1, -0.05) is 23.9 Å². The first-order chi connectivity index (χ1) is 14.0. The largest absolute Gasteiger partial charge is 0.350 e. The molecule has 0 atom stereocenters. The fraction of sp³-hybridized carbons (Fsp3) is 0.150. The Morgan fingerprint density at radius 2 is 1.66 bits per heavy atom. The van der Waals surface area contributed by atoms with Crippen molar-refractivity contribution in [2.24, 2.45) is 0 Å². The van der Waals surface area contributed by atoms with Crippen molar-refractivity contribution in [3.8, 4) is 5.69 Å². The van der Waals surface area contributed by atoms with E-state index in [0.717, 1.165) is 0 Å². The first kappa shape index (κ1) is 20.5. The summed E-state index contributed by atoms with van der Waals surface area (Å²) in [4.78, 5) is 28.8. The van der Waals surface area contributed by atoms with Gasteiger partial charge in [0.05, 0.1) is 11.8 Å². The van der Waals surface area contributed by atoms with Crippen LogP contribution in [0.15, 0.2) is 59.9 Å². The van der Waals surface area contributed by atoms with Crippen molar-refractivity contribution < 1.29 is 18.4 Å². The van der Waals surface area contributed by atoms with E-state index in [1.54, 1.807) is 22.8 Å². The molecular weight excluding hydrogens is 398 g/mol. The molecule has 9 heteroatoms. The fourth-order valence-corrected chi connectivity index (χ4v) is 3.21. The maximum absolute atomic E-state index is 13.6.